The van der Waals surface area contributed by atoms with Gasteiger partial charge in [0.1, 0.15) is 11.6 Å². The van der Waals surface area contributed by atoms with E-state index >= 15 is 0 Å². The second-order valence-electron chi connectivity index (χ2n) is 2.60. The Morgan fingerprint density at radius 2 is 1.87 bits per heavy atom. The molecule has 1 nitrogen and oxygen atoms in total. The number of ether oxygens (including phenoxy) is 1. The molecule has 0 heterocycles. The predicted molar refractivity (Wildman–Crippen MR) is 48.7 cm³/mol. The molecule has 8 heteroatoms. The Hall–Kier alpha value is 0.921. The zero-order valence-corrected chi connectivity index (χ0v) is 12.5. The van der Waals surface area contributed by atoms with Gasteiger partial charge in [0.2, 0.25) is 0 Å². The fourth-order valence-electron chi connectivity index (χ4n) is 0.777. The van der Waals surface area contributed by atoms with E-state index in [0.717, 1.165) is 18.2 Å². The third-order valence-electron chi connectivity index (χ3n) is 1.32. The molecular weight excluding hydrogens is 306 g/mol. The molecule has 0 aliphatic heterocycles. The van der Waals surface area contributed by atoms with Crippen LogP contribution < -0.4 is 56.1 Å². The van der Waals surface area contributed by atoms with Crippen LogP contribution in [0.3, 0.4) is 0 Å². The number of benzene rings is 1. The minimum Gasteiger partial charge on any atom is -0.521 e. The van der Waals surface area contributed by atoms with Crippen LogP contribution in [0.25, 0.3) is 0 Å². The summed E-state index contributed by atoms with van der Waals surface area (Å²) in [6.07, 6.45) is 0. The van der Waals surface area contributed by atoms with Crippen LogP contribution in [-0.4, -0.2) is 13.5 Å². The molecule has 1 rings (SSSR count). The van der Waals surface area contributed by atoms with Crippen LogP contribution in [0.2, 0.25) is 0 Å². The van der Waals surface area contributed by atoms with Crippen molar-refractivity contribution in [1.29, 1.82) is 0 Å². The van der Waals surface area contributed by atoms with Crippen molar-refractivity contribution >= 4 is 22.9 Å². The summed E-state index contributed by atoms with van der Waals surface area (Å²) in [5, 5.41) is 0. The first kappa shape index (κ1) is 15.9. The summed E-state index contributed by atoms with van der Waals surface area (Å²) in [5.41, 5.74) is 0. The summed E-state index contributed by atoms with van der Waals surface area (Å²) in [5.74, 6) is -0.563. The first-order chi connectivity index (χ1) is 6.38. The maximum absolute atomic E-state index is 12.5. The van der Waals surface area contributed by atoms with E-state index < -0.39 is 19.3 Å². The monoisotopic (exact) mass is 310 g/mol. The second kappa shape index (κ2) is 6.61. The Kier molecular flexibility index (Phi) is 7.01. The van der Waals surface area contributed by atoms with E-state index in [1.807, 2.05) is 0 Å². The third-order valence-corrected chi connectivity index (χ3v) is 1.94. The summed E-state index contributed by atoms with van der Waals surface area (Å²) >= 11 is 2.89. The molecule has 1 aromatic rings. The Morgan fingerprint density at radius 3 is 2.33 bits per heavy atom. The van der Waals surface area contributed by atoms with Gasteiger partial charge in [0.05, 0.1) is 11.0 Å². The van der Waals surface area contributed by atoms with Gasteiger partial charge >= 0.3 is 58.4 Å². The Labute approximate surface area is 135 Å². The molecular formula is C7H5BBrF4KO. The van der Waals surface area contributed by atoms with Gasteiger partial charge in [-0.1, -0.05) is 0 Å². The summed E-state index contributed by atoms with van der Waals surface area (Å²) < 4.78 is 52.5. The van der Waals surface area contributed by atoms with E-state index in [2.05, 4.69) is 20.7 Å². The summed E-state index contributed by atoms with van der Waals surface area (Å²) in [6, 6.07) is 3.21. The molecule has 0 unspecified atom stereocenters. The Bertz CT molecular complexity index is 333. The van der Waals surface area contributed by atoms with Crippen LogP contribution in [0.1, 0.15) is 0 Å². The smallest absolute Gasteiger partial charge is 0.521 e. The number of rotatable bonds is 3. The first-order valence-corrected chi connectivity index (χ1v) is 4.46. The zero-order chi connectivity index (χ0) is 10.8. The third kappa shape index (κ3) is 6.28. The molecule has 0 fully saturated rings. The maximum Gasteiger partial charge on any atom is 1.00 e. The SMILES string of the molecule is Fc1ccc(OC[B-](F)(F)F)c(Br)c1.[K+]. The van der Waals surface area contributed by atoms with E-state index in [0.29, 0.717) is 0 Å². The summed E-state index contributed by atoms with van der Waals surface area (Å²) in [6.45, 7) is -6.32. The molecule has 0 saturated carbocycles. The van der Waals surface area contributed by atoms with Gasteiger partial charge in [0.15, 0.2) is 0 Å². The predicted octanol–water partition coefficient (Wildman–Crippen LogP) is 0.358. The fraction of sp³-hybridized carbons (Fsp3) is 0.143. The molecule has 1 aromatic carbocycles. The number of halogens is 5. The molecule has 0 aliphatic carbocycles. The molecule has 0 N–H and O–H groups in total. The van der Waals surface area contributed by atoms with Gasteiger partial charge in [-0.25, -0.2) is 4.39 Å². The van der Waals surface area contributed by atoms with Crippen LogP contribution >= 0.6 is 15.9 Å². The molecule has 0 spiro atoms. The van der Waals surface area contributed by atoms with Gasteiger partial charge < -0.3 is 17.7 Å². The largest absolute Gasteiger partial charge is 1.00 e. The summed E-state index contributed by atoms with van der Waals surface area (Å²) in [4.78, 5) is 0. The average molecular weight is 311 g/mol. The van der Waals surface area contributed by atoms with Crippen molar-refractivity contribution in [2.75, 3.05) is 6.51 Å². The van der Waals surface area contributed by atoms with E-state index in [9.17, 15) is 17.3 Å². The van der Waals surface area contributed by atoms with Crippen molar-refractivity contribution in [1.82, 2.24) is 0 Å². The quantitative estimate of drug-likeness (QED) is 0.578. The molecule has 0 bridgehead atoms. The summed E-state index contributed by atoms with van der Waals surface area (Å²) in [7, 11) is 0. The molecule has 0 saturated heterocycles. The topological polar surface area (TPSA) is 9.23 Å². The van der Waals surface area contributed by atoms with E-state index in [-0.39, 0.29) is 61.6 Å². The maximum atomic E-state index is 12.5. The minimum absolute atomic E-state index is 0. The van der Waals surface area contributed by atoms with Gasteiger partial charge in [-0.15, -0.1) is 0 Å². The Morgan fingerprint density at radius 1 is 1.27 bits per heavy atom. The first-order valence-electron chi connectivity index (χ1n) is 3.67. The minimum atomic E-state index is -4.99. The van der Waals surface area contributed by atoms with E-state index in [1.165, 1.54) is 0 Å². The average Bonchev–Trinajstić information content (AvgIpc) is 2.00. The van der Waals surface area contributed by atoms with E-state index in [1.54, 1.807) is 0 Å². The van der Waals surface area contributed by atoms with Crippen molar-refractivity contribution in [3.8, 4) is 5.75 Å². The molecule has 0 aliphatic rings. The zero-order valence-electron chi connectivity index (χ0n) is 7.81. The van der Waals surface area contributed by atoms with Crippen molar-refractivity contribution in [3.05, 3.63) is 28.5 Å². The van der Waals surface area contributed by atoms with Gasteiger partial charge in [-0.2, -0.15) is 0 Å². The van der Waals surface area contributed by atoms with Crippen LogP contribution in [0.5, 0.6) is 5.75 Å². The number of hydrogen-bond acceptors (Lipinski definition) is 1. The normalized spacial score (nSPS) is 10.7. The fourth-order valence-corrected chi connectivity index (χ4v) is 1.24. The Balaban J connectivity index is 0.00000196. The molecule has 15 heavy (non-hydrogen) atoms. The van der Waals surface area contributed by atoms with Crippen molar-refractivity contribution in [2.24, 2.45) is 0 Å². The molecule has 0 radical (unpaired) electrons. The molecule has 0 amide bonds. The van der Waals surface area contributed by atoms with Gasteiger partial charge in [0.25, 0.3) is 0 Å². The van der Waals surface area contributed by atoms with Crippen molar-refractivity contribution < 1.29 is 73.5 Å². The van der Waals surface area contributed by atoms with E-state index in [4.69, 9.17) is 0 Å². The van der Waals surface area contributed by atoms with Gasteiger partial charge in [-0.3, -0.25) is 0 Å². The van der Waals surface area contributed by atoms with Crippen LogP contribution in [0.4, 0.5) is 17.3 Å². The van der Waals surface area contributed by atoms with Crippen molar-refractivity contribution in [2.45, 2.75) is 0 Å². The standard InChI is InChI=1S/C7H5BBrF4O.K/c9-6-3-5(10)1-2-7(6)14-4-8(11,12)13;/h1-3H,4H2;/q-1;+1. The second-order valence-corrected chi connectivity index (χ2v) is 3.45. The molecule has 78 valence electrons. The molecule has 0 aromatic heterocycles. The van der Waals surface area contributed by atoms with Gasteiger partial charge in [0, 0.05) is 0 Å². The van der Waals surface area contributed by atoms with Crippen molar-refractivity contribution in [3.63, 3.8) is 0 Å². The number of hydrogen-bond donors (Lipinski definition) is 0. The van der Waals surface area contributed by atoms with Crippen LogP contribution in [0.15, 0.2) is 22.7 Å². The van der Waals surface area contributed by atoms with Crippen LogP contribution in [0, 0.1) is 5.82 Å². The molecule has 0 atom stereocenters. The van der Waals surface area contributed by atoms with Crippen LogP contribution in [-0.2, 0) is 0 Å². The van der Waals surface area contributed by atoms with Gasteiger partial charge in [-0.05, 0) is 34.1 Å².